The van der Waals surface area contributed by atoms with Crippen LogP contribution in [0, 0.1) is 11.7 Å². The Kier molecular flexibility index (Phi) is 4.31. The fourth-order valence-electron chi connectivity index (χ4n) is 3.89. The van der Waals surface area contributed by atoms with E-state index < -0.39 is 25.9 Å². The predicted molar refractivity (Wildman–Crippen MR) is 95.5 cm³/mol. The molecule has 2 unspecified atom stereocenters. The van der Waals surface area contributed by atoms with Gasteiger partial charge in [0.05, 0.1) is 5.75 Å². The molecule has 0 aliphatic carbocycles. The summed E-state index contributed by atoms with van der Waals surface area (Å²) >= 11 is 0. The first-order valence-corrected chi connectivity index (χ1v) is 9.97. The highest BCUT2D eigenvalue weighted by Crippen LogP contribution is 2.43. The van der Waals surface area contributed by atoms with E-state index in [0.717, 1.165) is 0 Å². The third-order valence-electron chi connectivity index (χ3n) is 5.56. The second-order valence-electron chi connectivity index (χ2n) is 7.26. The van der Waals surface area contributed by atoms with Crippen molar-refractivity contribution in [1.82, 2.24) is 0 Å². The van der Waals surface area contributed by atoms with Crippen LogP contribution in [-0.2, 0) is 20.1 Å². The van der Waals surface area contributed by atoms with Gasteiger partial charge in [-0.15, -0.1) is 0 Å². The molecule has 1 aromatic rings. The minimum Gasteiger partial charge on any atom is -0.399 e. The maximum absolute atomic E-state index is 14.3. The van der Waals surface area contributed by atoms with Crippen molar-refractivity contribution in [2.75, 3.05) is 24.7 Å². The molecule has 1 aromatic carbocycles. The topological polar surface area (TPSA) is 108 Å². The van der Waals surface area contributed by atoms with E-state index in [0.29, 0.717) is 31.7 Å². The molecule has 2 aliphatic heterocycles. The number of benzene rings is 1. The monoisotopic (exact) mass is 369 g/mol. The first kappa shape index (κ1) is 18.1. The summed E-state index contributed by atoms with van der Waals surface area (Å²) in [5.74, 6) is -0.979. The molecule has 4 N–H and O–H groups in total. The average Bonchev–Trinajstić information content (AvgIpc) is 2.55. The van der Waals surface area contributed by atoms with E-state index in [9.17, 15) is 12.8 Å². The van der Waals surface area contributed by atoms with Gasteiger partial charge < -0.3 is 16.2 Å². The van der Waals surface area contributed by atoms with E-state index in [4.69, 9.17) is 16.2 Å². The van der Waals surface area contributed by atoms with Crippen LogP contribution in [0.2, 0.25) is 0 Å². The second kappa shape index (κ2) is 5.95. The molecule has 2 aliphatic rings. The van der Waals surface area contributed by atoms with E-state index in [1.807, 2.05) is 0 Å². The van der Waals surface area contributed by atoms with E-state index in [1.165, 1.54) is 18.2 Å². The molecule has 0 radical (unpaired) electrons. The maximum Gasteiger partial charge on any atom is 0.165 e. The van der Waals surface area contributed by atoms with Crippen molar-refractivity contribution in [1.29, 1.82) is 0 Å². The van der Waals surface area contributed by atoms with Gasteiger partial charge in [-0.2, -0.15) is 0 Å². The van der Waals surface area contributed by atoms with Crippen LogP contribution in [0.1, 0.15) is 32.3 Å². The fourth-order valence-corrected chi connectivity index (χ4v) is 6.26. The van der Waals surface area contributed by atoms with E-state index in [2.05, 4.69) is 4.99 Å². The Bertz CT molecular complexity index is 820. The lowest BCUT2D eigenvalue weighted by Gasteiger charge is -2.44. The molecule has 25 heavy (non-hydrogen) atoms. The number of nitrogens with zero attached hydrogens (tertiary/aromatic N) is 1. The van der Waals surface area contributed by atoms with Crippen LogP contribution in [0.5, 0.6) is 0 Å². The number of rotatable bonds is 2. The first-order valence-electron chi connectivity index (χ1n) is 8.31. The molecule has 0 aromatic heterocycles. The number of hydrogen-bond acceptors (Lipinski definition) is 6. The SMILES string of the molecule is CC1(c2cc(N)ccc2F)CS(=O)(=O)C(C)(C2CCOCC2)C(N)=N1. The Morgan fingerprint density at radius 2 is 1.88 bits per heavy atom. The molecule has 6 nitrogen and oxygen atoms in total. The average molecular weight is 369 g/mol. The molecule has 0 saturated carbocycles. The van der Waals surface area contributed by atoms with Crippen molar-refractivity contribution < 1.29 is 17.5 Å². The van der Waals surface area contributed by atoms with Crippen LogP contribution >= 0.6 is 0 Å². The highest BCUT2D eigenvalue weighted by molar-refractivity contribution is 7.93. The van der Waals surface area contributed by atoms with Gasteiger partial charge >= 0.3 is 0 Å². The molecule has 0 spiro atoms. The normalized spacial score (nSPS) is 33.0. The lowest BCUT2D eigenvalue weighted by atomic mass is 9.84. The van der Waals surface area contributed by atoms with Gasteiger partial charge in [-0.05, 0) is 50.8 Å². The second-order valence-corrected chi connectivity index (χ2v) is 9.63. The molecule has 8 heteroatoms. The summed E-state index contributed by atoms with van der Waals surface area (Å²) in [7, 11) is -3.68. The number of hydrogen-bond donors (Lipinski definition) is 2. The van der Waals surface area contributed by atoms with Gasteiger partial charge in [0.25, 0.3) is 0 Å². The van der Waals surface area contributed by atoms with E-state index in [-0.39, 0.29) is 23.1 Å². The van der Waals surface area contributed by atoms with Gasteiger partial charge in [0, 0.05) is 24.5 Å². The highest BCUT2D eigenvalue weighted by atomic mass is 32.2. The lowest BCUT2D eigenvalue weighted by Crippen LogP contribution is -2.61. The third kappa shape index (κ3) is 2.81. The zero-order valence-corrected chi connectivity index (χ0v) is 15.3. The maximum atomic E-state index is 14.3. The number of amidine groups is 1. The van der Waals surface area contributed by atoms with Crippen molar-refractivity contribution in [3.05, 3.63) is 29.6 Å². The summed E-state index contributed by atoms with van der Waals surface area (Å²) in [5, 5.41) is 0. The largest absolute Gasteiger partial charge is 0.399 e. The van der Waals surface area contributed by atoms with Gasteiger partial charge in [-0.25, -0.2) is 12.8 Å². The van der Waals surface area contributed by atoms with Crippen LogP contribution in [0.4, 0.5) is 10.1 Å². The van der Waals surface area contributed by atoms with Crippen molar-refractivity contribution in [2.24, 2.45) is 16.6 Å². The van der Waals surface area contributed by atoms with E-state index >= 15 is 0 Å². The zero-order chi connectivity index (χ0) is 18.5. The molecule has 3 rings (SSSR count). The van der Waals surface area contributed by atoms with Crippen molar-refractivity contribution in [3.63, 3.8) is 0 Å². The number of nitrogens with two attached hydrogens (primary N) is 2. The molecule has 1 saturated heterocycles. The number of halogens is 1. The molecule has 1 fully saturated rings. The summed E-state index contributed by atoms with van der Waals surface area (Å²) < 4.78 is 44.9. The molecular weight excluding hydrogens is 345 g/mol. The van der Waals surface area contributed by atoms with Crippen LogP contribution in [0.3, 0.4) is 0 Å². The van der Waals surface area contributed by atoms with Gasteiger partial charge in [0.1, 0.15) is 21.9 Å². The highest BCUT2D eigenvalue weighted by Gasteiger charge is 2.56. The van der Waals surface area contributed by atoms with Crippen LogP contribution in [0.25, 0.3) is 0 Å². The molecule has 0 bridgehead atoms. The Hall–Kier alpha value is -1.67. The van der Waals surface area contributed by atoms with Crippen LogP contribution < -0.4 is 11.5 Å². The number of ether oxygens (including phenoxy) is 1. The molecule has 0 amide bonds. The Morgan fingerprint density at radius 3 is 2.48 bits per heavy atom. The standard InChI is InChI=1S/C17H24FN3O3S/c1-16(13-9-12(19)3-4-14(13)18)10-25(22,23)17(2,15(20)21-16)11-5-7-24-8-6-11/h3-4,9,11H,5-8,10,19H2,1-2H3,(H2,20,21). The zero-order valence-electron chi connectivity index (χ0n) is 14.5. The predicted octanol–water partition coefficient (Wildman–Crippen LogP) is 1.59. The minimum absolute atomic E-state index is 0.0370. The molecule has 2 atom stereocenters. The smallest absolute Gasteiger partial charge is 0.165 e. The van der Waals surface area contributed by atoms with E-state index in [1.54, 1.807) is 13.8 Å². The number of sulfone groups is 1. The van der Waals surface area contributed by atoms with Gasteiger partial charge in [0.15, 0.2) is 9.84 Å². The number of nitrogen functional groups attached to an aromatic ring is 1. The van der Waals surface area contributed by atoms with Crippen LogP contribution in [-0.4, -0.2) is 38.0 Å². The van der Waals surface area contributed by atoms with Crippen molar-refractivity contribution in [3.8, 4) is 0 Å². The van der Waals surface area contributed by atoms with Gasteiger partial charge in [-0.1, -0.05) is 0 Å². The molecule has 138 valence electrons. The summed E-state index contributed by atoms with van der Waals surface area (Å²) in [4.78, 5) is 4.49. The Balaban J connectivity index is 2.12. The summed E-state index contributed by atoms with van der Waals surface area (Å²) in [6, 6.07) is 4.08. The Labute approximate surface area is 147 Å². The van der Waals surface area contributed by atoms with Crippen LogP contribution in [0.15, 0.2) is 23.2 Å². The van der Waals surface area contributed by atoms with Crippen molar-refractivity contribution in [2.45, 2.75) is 37.0 Å². The van der Waals surface area contributed by atoms with Gasteiger partial charge in [-0.3, -0.25) is 4.99 Å². The Morgan fingerprint density at radius 1 is 1.24 bits per heavy atom. The molecule has 2 heterocycles. The summed E-state index contributed by atoms with van der Waals surface area (Å²) in [6.45, 7) is 4.22. The molecular formula is C17H24FN3O3S. The quantitative estimate of drug-likeness (QED) is 0.770. The summed E-state index contributed by atoms with van der Waals surface area (Å²) in [6.07, 6.45) is 1.21. The third-order valence-corrected chi connectivity index (χ3v) is 8.34. The van der Waals surface area contributed by atoms with Crippen molar-refractivity contribution >= 4 is 21.4 Å². The minimum atomic E-state index is -3.68. The summed E-state index contributed by atoms with van der Waals surface area (Å²) in [5.41, 5.74) is 11.1. The van der Waals surface area contributed by atoms with Gasteiger partial charge in [0.2, 0.25) is 0 Å². The lowest BCUT2D eigenvalue weighted by molar-refractivity contribution is 0.0609. The first-order chi connectivity index (χ1) is 11.6. The number of aliphatic imine (C=N–C) groups is 1. The fraction of sp³-hybridized carbons (Fsp3) is 0.588. The number of anilines is 1.